The number of esters is 1. The van der Waals surface area contributed by atoms with Crippen LogP contribution in [0.2, 0.25) is 0 Å². The van der Waals surface area contributed by atoms with Gasteiger partial charge in [-0.1, -0.05) is 0 Å². The highest BCUT2D eigenvalue weighted by atomic mass is 79.9. The van der Waals surface area contributed by atoms with E-state index in [1.54, 1.807) is 6.20 Å². The lowest BCUT2D eigenvalue weighted by atomic mass is 9.79. The molecule has 1 N–H and O–H groups in total. The normalized spacial score (nSPS) is 29.0. The summed E-state index contributed by atoms with van der Waals surface area (Å²) in [6.07, 6.45) is 4.13. The first-order valence-electron chi connectivity index (χ1n) is 5.47. The number of ether oxygens (including phenoxy) is 1. The van der Waals surface area contributed by atoms with E-state index in [2.05, 4.69) is 20.9 Å². The lowest BCUT2D eigenvalue weighted by Crippen LogP contribution is -2.34. The van der Waals surface area contributed by atoms with Crippen molar-refractivity contribution in [1.82, 2.24) is 4.98 Å². The molecule has 17 heavy (non-hydrogen) atoms. The van der Waals surface area contributed by atoms with Crippen LogP contribution in [0.1, 0.15) is 30.7 Å². The maximum atomic E-state index is 11.4. The smallest absolute Gasteiger partial charge is 0.308 e. The van der Waals surface area contributed by atoms with E-state index >= 15 is 0 Å². The molecule has 0 saturated heterocycles. The lowest BCUT2D eigenvalue weighted by molar-refractivity contribution is -0.148. The summed E-state index contributed by atoms with van der Waals surface area (Å²) in [7, 11) is 1.40. The molecule has 0 aromatic carbocycles. The summed E-state index contributed by atoms with van der Waals surface area (Å²) in [5.41, 5.74) is -0.874. The maximum absolute atomic E-state index is 11.4. The summed E-state index contributed by atoms with van der Waals surface area (Å²) in [5.74, 6) is -0.254. The third-order valence-electron chi connectivity index (χ3n) is 3.22. The van der Waals surface area contributed by atoms with Crippen molar-refractivity contribution in [2.45, 2.75) is 31.3 Å². The van der Waals surface area contributed by atoms with Crippen LogP contribution >= 0.6 is 27.3 Å². The summed E-state index contributed by atoms with van der Waals surface area (Å²) in [6.45, 7) is 0. The van der Waals surface area contributed by atoms with Crippen LogP contribution in [0.25, 0.3) is 0 Å². The summed E-state index contributed by atoms with van der Waals surface area (Å²) in [6, 6.07) is 0. The molecule has 0 atom stereocenters. The van der Waals surface area contributed by atoms with Gasteiger partial charge in [0.15, 0.2) is 0 Å². The summed E-state index contributed by atoms with van der Waals surface area (Å²) >= 11 is 4.79. The Morgan fingerprint density at radius 1 is 1.65 bits per heavy atom. The van der Waals surface area contributed by atoms with E-state index in [9.17, 15) is 9.90 Å². The van der Waals surface area contributed by atoms with Gasteiger partial charge in [0.2, 0.25) is 0 Å². The number of aromatic nitrogens is 1. The molecule has 4 nitrogen and oxygen atoms in total. The van der Waals surface area contributed by atoms with Crippen LogP contribution in [-0.2, 0) is 15.1 Å². The van der Waals surface area contributed by atoms with Gasteiger partial charge in [0.1, 0.15) is 10.6 Å². The van der Waals surface area contributed by atoms with Crippen molar-refractivity contribution in [3.63, 3.8) is 0 Å². The Balaban J connectivity index is 2.05. The highest BCUT2D eigenvalue weighted by Gasteiger charge is 2.39. The number of methoxy groups -OCH3 is 1. The van der Waals surface area contributed by atoms with Crippen LogP contribution in [0.3, 0.4) is 0 Å². The quantitative estimate of drug-likeness (QED) is 0.851. The highest BCUT2D eigenvalue weighted by molar-refractivity contribution is 9.11. The zero-order valence-electron chi connectivity index (χ0n) is 9.48. The van der Waals surface area contributed by atoms with Gasteiger partial charge in [0.25, 0.3) is 0 Å². The fraction of sp³-hybridized carbons (Fsp3) is 0.636. The Morgan fingerprint density at radius 3 is 2.76 bits per heavy atom. The minimum Gasteiger partial charge on any atom is -0.469 e. The predicted octanol–water partition coefficient (Wildman–Crippen LogP) is 2.46. The van der Waals surface area contributed by atoms with E-state index < -0.39 is 5.60 Å². The van der Waals surface area contributed by atoms with E-state index in [4.69, 9.17) is 4.74 Å². The van der Waals surface area contributed by atoms with Gasteiger partial charge < -0.3 is 9.84 Å². The number of hydrogen-bond donors (Lipinski definition) is 1. The zero-order chi connectivity index (χ0) is 12.5. The second-order valence-electron chi connectivity index (χ2n) is 4.30. The molecule has 1 saturated carbocycles. The molecule has 1 heterocycles. The molecule has 0 spiro atoms. The van der Waals surface area contributed by atoms with Crippen molar-refractivity contribution in [3.8, 4) is 0 Å². The number of carbonyl (C=O) groups excluding carboxylic acids is 1. The number of thiazole rings is 1. The first-order chi connectivity index (χ1) is 8.05. The number of hydrogen-bond acceptors (Lipinski definition) is 5. The molecule has 0 bridgehead atoms. The summed E-state index contributed by atoms with van der Waals surface area (Å²) in [5, 5.41) is 11.2. The topological polar surface area (TPSA) is 59.4 Å². The zero-order valence-corrected chi connectivity index (χ0v) is 11.9. The van der Waals surface area contributed by atoms with Gasteiger partial charge in [-0.15, -0.1) is 11.3 Å². The van der Waals surface area contributed by atoms with Crippen molar-refractivity contribution in [2.75, 3.05) is 7.11 Å². The Labute approximate surface area is 112 Å². The molecule has 2 rings (SSSR count). The number of halogens is 1. The van der Waals surface area contributed by atoms with Crippen molar-refractivity contribution < 1.29 is 14.6 Å². The van der Waals surface area contributed by atoms with Gasteiger partial charge in [0, 0.05) is 0 Å². The average Bonchev–Trinajstić information content (AvgIpc) is 2.77. The van der Waals surface area contributed by atoms with Crippen LogP contribution < -0.4 is 0 Å². The Hall–Kier alpha value is -0.460. The second kappa shape index (κ2) is 5.04. The molecule has 0 unspecified atom stereocenters. The standard InChI is InChI=1S/C11H14BrNO3S/c1-16-9(14)7-2-4-11(15,5-3-7)10-13-6-8(12)17-10/h6-7,15H,2-5H2,1H3. The molecular weight excluding hydrogens is 306 g/mol. The van der Waals surface area contributed by atoms with Crippen LogP contribution in [0.5, 0.6) is 0 Å². The van der Waals surface area contributed by atoms with E-state index in [1.807, 2.05) is 0 Å². The van der Waals surface area contributed by atoms with Crippen molar-refractivity contribution >= 4 is 33.2 Å². The third kappa shape index (κ3) is 2.69. The number of nitrogens with zero attached hydrogens (tertiary/aromatic N) is 1. The Morgan fingerprint density at radius 2 is 2.29 bits per heavy atom. The lowest BCUT2D eigenvalue weighted by Gasteiger charge is -2.33. The Bertz CT molecular complexity index is 413. The molecule has 1 aliphatic rings. The van der Waals surface area contributed by atoms with Crippen molar-refractivity contribution in [2.24, 2.45) is 5.92 Å². The van der Waals surface area contributed by atoms with Gasteiger partial charge in [0.05, 0.1) is 23.0 Å². The highest BCUT2D eigenvalue weighted by Crippen LogP contribution is 2.41. The Kier molecular flexibility index (Phi) is 3.85. The van der Waals surface area contributed by atoms with E-state index in [0.29, 0.717) is 25.7 Å². The SMILES string of the molecule is COC(=O)C1CCC(O)(c2ncc(Br)s2)CC1. The summed E-state index contributed by atoms with van der Waals surface area (Å²) < 4.78 is 5.64. The third-order valence-corrected chi connectivity index (χ3v) is 4.89. The minimum atomic E-state index is -0.874. The summed E-state index contributed by atoms with van der Waals surface area (Å²) in [4.78, 5) is 15.6. The van der Waals surface area contributed by atoms with E-state index in [-0.39, 0.29) is 11.9 Å². The molecule has 0 radical (unpaired) electrons. The first-order valence-corrected chi connectivity index (χ1v) is 7.08. The maximum Gasteiger partial charge on any atom is 0.308 e. The minimum absolute atomic E-state index is 0.0799. The molecule has 1 aromatic heterocycles. The molecule has 94 valence electrons. The van der Waals surface area contributed by atoms with Gasteiger partial charge in [-0.05, 0) is 41.6 Å². The van der Waals surface area contributed by atoms with Crippen molar-refractivity contribution in [3.05, 3.63) is 15.0 Å². The predicted molar refractivity (Wildman–Crippen MR) is 67.7 cm³/mol. The molecule has 1 aromatic rings. The monoisotopic (exact) mass is 319 g/mol. The van der Waals surface area contributed by atoms with E-state index in [1.165, 1.54) is 18.4 Å². The first kappa shape index (κ1) is 13.0. The van der Waals surface area contributed by atoms with Crippen LogP contribution in [0, 0.1) is 5.92 Å². The van der Waals surface area contributed by atoms with E-state index in [0.717, 1.165) is 8.79 Å². The number of rotatable bonds is 2. The van der Waals surface area contributed by atoms with Crippen LogP contribution in [-0.4, -0.2) is 23.2 Å². The van der Waals surface area contributed by atoms with Crippen LogP contribution in [0.15, 0.2) is 9.98 Å². The van der Waals surface area contributed by atoms with Gasteiger partial charge in [-0.2, -0.15) is 0 Å². The van der Waals surface area contributed by atoms with Gasteiger partial charge >= 0.3 is 5.97 Å². The molecule has 0 amide bonds. The van der Waals surface area contributed by atoms with Gasteiger partial charge in [-0.25, -0.2) is 4.98 Å². The molecule has 1 aliphatic carbocycles. The largest absolute Gasteiger partial charge is 0.469 e. The average molecular weight is 320 g/mol. The van der Waals surface area contributed by atoms with Crippen LogP contribution in [0.4, 0.5) is 0 Å². The number of carbonyl (C=O) groups is 1. The molecule has 0 aliphatic heterocycles. The van der Waals surface area contributed by atoms with Crippen molar-refractivity contribution in [1.29, 1.82) is 0 Å². The fourth-order valence-corrected chi connectivity index (χ4v) is 3.53. The molecular formula is C11H14BrNO3S. The molecule has 1 fully saturated rings. The second-order valence-corrected chi connectivity index (χ2v) is 6.71. The number of aliphatic hydroxyl groups is 1. The van der Waals surface area contributed by atoms with Gasteiger partial charge in [-0.3, -0.25) is 4.79 Å². The molecule has 6 heteroatoms. The fourth-order valence-electron chi connectivity index (χ4n) is 2.18.